The minimum atomic E-state index is -0.962. The zero-order chi connectivity index (χ0) is 13.5. The van der Waals surface area contributed by atoms with E-state index in [4.69, 9.17) is 5.11 Å². The van der Waals surface area contributed by atoms with Crippen LogP contribution in [0.3, 0.4) is 0 Å². The highest BCUT2D eigenvalue weighted by Gasteiger charge is 2.22. The van der Waals surface area contributed by atoms with Crippen LogP contribution in [-0.2, 0) is 4.79 Å². The molecule has 1 fully saturated rings. The van der Waals surface area contributed by atoms with E-state index >= 15 is 0 Å². The summed E-state index contributed by atoms with van der Waals surface area (Å²) in [7, 11) is 1.77. The number of rotatable bonds is 5. The fourth-order valence-electron chi connectivity index (χ4n) is 2.55. The van der Waals surface area contributed by atoms with Crippen LogP contribution in [0.15, 0.2) is 0 Å². The van der Waals surface area contributed by atoms with E-state index in [0.717, 1.165) is 6.54 Å². The highest BCUT2D eigenvalue weighted by molar-refractivity contribution is 5.80. The maximum atomic E-state index is 12.1. The van der Waals surface area contributed by atoms with Crippen molar-refractivity contribution in [3.05, 3.63) is 0 Å². The average Bonchev–Trinajstić information content (AvgIpc) is 2.36. The molecular formula is C13H24N2O3. The number of hydrogen-bond donors (Lipinski definition) is 1. The van der Waals surface area contributed by atoms with E-state index in [1.807, 2.05) is 0 Å². The molecule has 0 saturated heterocycles. The summed E-state index contributed by atoms with van der Waals surface area (Å²) in [5.41, 5.74) is 0. The lowest BCUT2D eigenvalue weighted by Crippen LogP contribution is -2.45. The first-order valence-electron chi connectivity index (χ1n) is 6.76. The van der Waals surface area contributed by atoms with Gasteiger partial charge in [0.25, 0.3) is 0 Å². The Labute approximate surface area is 109 Å². The Morgan fingerprint density at radius 2 is 1.83 bits per heavy atom. The molecule has 104 valence electrons. The van der Waals surface area contributed by atoms with Crippen LogP contribution in [0.2, 0.25) is 0 Å². The largest absolute Gasteiger partial charge is 0.480 e. The number of hydrogen-bond acceptors (Lipinski definition) is 2. The second kappa shape index (κ2) is 7.24. The van der Waals surface area contributed by atoms with Gasteiger partial charge in [0.05, 0.1) is 0 Å². The first kappa shape index (κ1) is 14.8. The smallest absolute Gasteiger partial charge is 0.323 e. The maximum absolute atomic E-state index is 12.1. The highest BCUT2D eigenvalue weighted by atomic mass is 16.4. The summed E-state index contributed by atoms with van der Waals surface area (Å²) in [5, 5.41) is 8.75. The molecule has 5 heteroatoms. The van der Waals surface area contributed by atoms with Crippen molar-refractivity contribution < 1.29 is 14.7 Å². The molecule has 0 atom stereocenters. The van der Waals surface area contributed by atoms with Gasteiger partial charge < -0.3 is 14.9 Å². The molecule has 1 rings (SSSR count). The van der Waals surface area contributed by atoms with Crippen LogP contribution in [0.1, 0.15) is 39.0 Å². The number of amides is 2. The Morgan fingerprint density at radius 1 is 1.22 bits per heavy atom. The zero-order valence-electron chi connectivity index (χ0n) is 11.4. The summed E-state index contributed by atoms with van der Waals surface area (Å²) in [6.07, 6.45) is 6.16. The first-order valence-corrected chi connectivity index (χ1v) is 6.76. The molecule has 5 nitrogen and oxygen atoms in total. The molecule has 1 aliphatic rings. The Hall–Kier alpha value is -1.26. The van der Waals surface area contributed by atoms with Crippen LogP contribution >= 0.6 is 0 Å². The molecule has 1 aliphatic carbocycles. The topological polar surface area (TPSA) is 60.9 Å². The minimum Gasteiger partial charge on any atom is -0.480 e. The summed E-state index contributed by atoms with van der Waals surface area (Å²) < 4.78 is 0. The van der Waals surface area contributed by atoms with Crippen LogP contribution in [0.4, 0.5) is 4.79 Å². The Morgan fingerprint density at radius 3 is 2.33 bits per heavy atom. The van der Waals surface area contributed by atoms with Crippen LogP contribution < -0.4 is 0 Å². The van der Waals surface area contributed by atoms with Crippen molar-refractivity contribution in [3.63, 3.8) is 0 Å². The number of carbonyl (C=O) groups excluding carboxylic acids is 1. The van der Waals surface area contributed by atoms with E-state index in [9.17, 15) is 9.59 Å². The number of carboxylic acid groups (broad SMARTS) is 1. The lowest BCUT2D eigenvalue weighted by molar-refractivity contribution is -0.137. The lowest BCUT2D eigenvalue weighted by atomic mass is 9.89. The SMILES string of the molecule is CCN(CC(=O)O)C(=O)N(C)CC1CCCCC1. The van der Waals surface area contributed by atoms with E-state index in [-0.39, 0.29) is 12.6 Å². The van der Waals surface area contributed by atoms with Crippen molar-refractivity contribution in [3.8, 4) is 0 Å². The summed E-state index contributed by atoms with van der Waals surface area (Å²) in [5.74, 6) is -0.382. The molecule has 0 unspecified atom stereocenters. The maximum Gasteiger partial charge on any atom is 0.323 e. The minimum absolute atomic E-state index is 0.175. The number of nitrogens with zero attached hydrogens (tertiary/aromatic N) is 2. The average molecular weight is 256 g/mol. The van der Waals surface area contributed by atoms with Gasteiger partial charge in [0.15, 0.2) is 0 Å². The normalized spacial score (nSPS) is 16.3. The molecule has 1 N–H and O–H groups in total. The molecule has 0 bridgehead atoms. The Kier molecular flexibility index (Phi) is 5.95. The van der Waals surface area contributed by atoms with Crippen molar-refractivity contribution in [2.45, 2.75) is 39.0 Å². The summed E-state index contributed by atoms with van der Waals surface area (Å²) in [6.45, 7) is 2.76. The van der Waals surface area contributed by atoms with Gasteiger partial charge in [-0.15, -0.1) is 0 Å². The third-order valence-electron chi connectivity index (χ3n) is 3.56. The monoisotopic (exact) mass is 256 g/mol. The first-order chi connectivity index (χ1) is 8.54. The van der Waals surface area contributed by atoms with Crippen molar-refractivity contribution in [2.24, 2.45) is 5.92 Å². The third-order valence-corrected chi connectivity index (χ3v) is 3.56. The van der Waals surface area contributed by atoms with Crippen molar-refractivity contribution in [2.75, 3.05) is 26.7 Å². The molecule has 0 aromatic rings. The van der Waals surface area contributed by atoms with Gasteiger partial charge in [-0.25, -0.2) is 4.79 Å². The molecule has 18 heavy (non-hydrogen) atoms. The third kappa shape index (κ3) is 4.55. The van der Waals surface area contributed by atoms with E-state index in [2.05, 4.69) is 0 Å². The standard InChI is InChI=1S/C13H24N2O3/c1-3-15(10-12(16)17)13(18)14(2)9-11-7-5-4-6-8-11/h11H,3-10H2,1-2H3,(H,16,17). The van der Waals surface area contributed by atoms with E-state index in [0.29, 0.717) is 12.5 Å². The van der Waals surface area contributed by atoms with Gasteiger partial charge in [-0.05, 0) is 25.7 Å². The predicted octanol–water partition coefficient (Wildman–Crippen LogP) is 2.02. The van der Waals surface area contributed by atoms with Gasteiger partial charge >= 0.3 is 12.0 Å². The van der Waals surface area contributed by atoms with E-state index < -0.39 is 5.97 Å². The lowest BCUT2D eigenvalue weighted by Gasteiger charge is -2.30. The molecule has 1 saturated carbocycles. The van der Waals surface area contributed by atoms with Crippen LogP contribution in [-0.4, -0.2) is 53.6 Å². The quantitative estimate of drug-likeness (QED) is 0.818. The van der Waals surface area contributed by atoms with Crippen LogP contribution in [0.25, 0.3) is 0 Å². The van der Waals surface area contributed by atoms with Crippen molar-refractivity contribution in [1.29, 1.82) is 0 Å². The molecule has 0 aliphatic heterocycles. The summed E-state index contributed by atoms with van der Waals surface area (Å²) in [6, 6.07) is -0.175. The fraction of sp³-hybridized carbons (Fsp3) is 0.846. The van der Waals surface area contributed by atoms with Gasteiger partial charge in [0, 0.05) is 20.1 Å². The molecule has 0 spiro atoms. The van der Waals surface area contributed by atoms with Gasteiger partial charge in [-0.2, -0.15) is 0 Å². The van der Waals surface area contributed by atoms with Crippen molar-refractivity contribution in [1.82, 2.24) is 9.80 Å². The molecular weight excluding hydrogens is 232 g/mol. The number of aliphatic carboxylic acids is 1. The van der Waals surface area contributed by atoms with Crippen molar-refractivity contribution >= 4 is 12.0 Å². The predicted molar refractivity (Wildman–Crippen MR) is 69.5 cm³/mol. The van der Waals surface area contributed by atoms with Gasteiger partial charge in [0.2, 0.25) is 0 Å². The molecule has 0 aromatic heterocycles. The number of likely N-dealkylation sites (N-methyl/N-ethyl adjacent to an activating group) is 1. The molecule has 0 radical (unpaired) electrons. The molecule has 0 aromatic carbocycles. The number of carbonyl (C=O) groups is 2. The number of urea groups is 1. The van der Waals surface area contributed by atoms with E-state index in [1.54, 1.807) is 18.9 Å². The molecule has 0 heterocycles. The van der Waals surface area contributed by atoms with Gasteiger partial charge in [-0.1, -0.05) is 19.3 Å². The second-order valence-corrected chi connectivity index (χ2v) is 5.08. The fourth-order valence-corrected chi connectivity index (χ4v) is 2.55. The highest BCUT2D eigenvalue weighted by Crippen LogP contribution is 2.24. The summed E-state index contributed by atoms with van der Waals surface area (Å²) in [4.78, 5) is 25.8. The Balaban J connectivity index is 2.45. The summed E-state index contributed by atoms with van der Waals surface area (Å²) >= 11 is 0. The Bertz CT molecular complexity index is 288. The van der Waals surface area contributed by atoms with Crippen LogP contribution in [0, 0.1) is 5.92 Å². The zero-order valence-corrected chi connectivity index (χ0v) is 11.4. The number of carboxylic acids is 1. The van der Waals surface area contributed by atoms with Gasteiger partial charge in [-0.3, -0.25) is 4.79 Å². The van der Waals surface area contributed by atoms with E-state index in [1.165, 1.54) is 37.0 Å². The van der Waals surface area contributed by atoms with Gasteiger partial charge in [0.1, 0.15) is 6.54 Å². The van der Waals surface area contributed by atoms with Crippen LogP contribution in [0.5, 0.6) is 0 Å². The molecule has 2 amide bonds. The second-order valence-electron chi connectivity index (χ2n) is 5.08.